The van der Waals surface area contributed by atoms with Crippen LogP contribution in [0.5, 0.6) is 5.75 Å². The zero-order valence-corrected chi connectivity index (χ0v) is 12.4. The summed E-state index contributed by atoms with van der Waals surface area (Å²) in [5, 5.41) is 10.5. The molecular formula is C17H18O4. The van der Waals surface area contributed by atoms with Gasteiger partial charge in [-0.05, 0) is 31.0 Å². The zero-order valence-electron chi connectivity index (χ0n) is 12.4. The topological polar surface area (TPSA) is 63.6 Å². The third-order valence-electron chi connectivity index (χ3n) is 4.48. The van der Waals surface area contributed by atoms with Crippen LogP contribution in [-0.4, -0.2) is 23.8 Å². The molecular weight excluding hydrogens is 268 g/mol. The first-order chi connectivity index (χ1) is 9.93. The summed E-state index contributed by atoms with van der Waals surface area (Å²) in [5.41, 5.74) is 2.93. The van der Waals surface area contributed by atoms with Gasteiger partial charge in [-0.3, -0.25) is 9.59 Å². The Morgan fingerprint density at radius 1 is 1.14 bits per heavy atom. The van der Waals surface area contributed by atoms with Crippen LogP contribution in [0, 0.1) is 25.7 Å². The van der Waals surface area contributed by atoms with E-state index in [0.29, 0.717) is 16.9 Å². The summed E-state index contributed by atoms with van der Waals surface area (Å²) in [6.07, 6.45) is 0.503. The van der Waals surface area contributed by atoms with Gasteiger partial charge in [-0.1, -0.05) is 6.07 Å². The Hall–Kier alpha value is -2.10. The number of hydrogen-bond donors (Lipinski definition) is 1. The van der Waals surface area contributed by atoms with Crippen LogP contribution >= 0.6 is 0 Å². The van der Waals surface area contributed by atoms with Crippen LogP contribution in [0.4, 0.5) is 0 Å². The number of rotatable bonds is 2. The predicted molar refractivity (Wildman–Crippen MR) is 78.2 cm³/mol. The first kappa shape index (κ1) is 13.9. The summed E-state index contributed by atoms with van der Waals surface area (Å²) in [5.74, 6) is -0.164. The van der Waals surface area contributed by atoms with E-state index in [1.165, 1.54) is 0 Å². The van der Waals surface area contributed by atoms with E-state index >= 15 is 0 Å². The molecule has 0 aromatic heterocycles. The molecule has 2 aliphatic rings. The van der Waals surface area contributed by atoms with Crippen molar-refractivity contribution in [2.45, 2.75) is 26.7 Å². The van der Waals surface area contributed by atoms with Crippen LogP contribution in [0.25, 0.3) is 5.57 Å². The summed E-state index contributed by atoms with van der Waals surface area (Å²) in [4.78, 5) is 24.1. The molecule has 0 aliphatic heterocycles. The number of ether oxygens (including phenoxy) is 1. The van der Waals surface area contributed by atoms with Crippen LogP contribution in [0.3, 0.4) is 0 Å². The number of allylic oxidation sites excluding steroid dienone is 2. The Kier molecular flexibility index (Phi) is 3.12. The highest BCUT2D eigenvalue weighted by atomic mass is 16.5. The molecule has 3 rings (SSSR count). The molecule has 0 bridgehead atoms. The van der Waals surface area contributed by atoms with E-state index in [9.17, 15) is 14.7 Å². The molecule has 2 aliphatic carbocycles. The lowest BCUT2D eigenvalue weighted by Crippen LogP contribution is -2.12. The summed E-state index contributed by atoms with van der Waals surface area (Å²) in [6, 6.07) is 3.82. The lowest BCUT2D eigenvalue weighted by atomic mass is 9.93. The maximum Gasteiger partial charge on any atom is 0.171 e. The molecule has 1 aromatic carbocycles. The number of aliphatic hydroxyl groups is 1. The average Bonchev–Trinajstić information content (AvgIpc) is 2.90. The number of aryl methyl sites for hydroxylation is 2. The fourth-order valence-corrected chi connectivity index (χ4v) is 3.58. The fraction of sp³-hybridized carbons (Fsp3) is 0.412. The van der Waals surface area contributed by atoms with Gasteiger partial charge in [0.25, 0.3) is 0 Å². The van der Waals surface area contributed by atoms with Gasteiger partial charge in [-0.15, -0.1) is 0 Å². The van der Waals surface area contributed by atoms with E-state index in [2.05, 4.69) is 0 Å². The highest BCUT2D eigenvalue weighted by Crippen LogP contribution is 2.48. The molecule has 0 spiro atoms. The highest BCUT2D eigenvalue weighted by Gasteiger charge is 2.49. The van der Waals surface area contributed by atoms with E-state index in [1.807, 2.05) is 26.0 Å². The van der Waals surface area contributed by atoms with Crippen molar-refractivity contribution in [3.8, 4) is 5.75 Å². The van der Waals surface area contributed by atoms with Gasteiger partial charge in [-0.2, -0.15) is 0 Å². The molecule has 4 heteroatoms. The van der Waals surface area contributed by atoms with Crippen LogP contribution in [0.15, 0.2) is 17.9 Å². The predicted octanol–water partition coefficient (Wildman–Crippen LogP) is 2.76. The number of benzene rings is 1. The first-order valence-electron chi connectivity index (χ1n) is 7.08. The molecule has 0 saturated heterocycles. The molecule has 0 radical (unpaired) electrons. The smallest absolute Gasteiger partial charge is 0.171 e. The number of aliphatic hydroxyl groups excluding tert-OH is 1. The van der Waals surface area contributed by atoms with Crippen molar-refractivity contribution < 1.29 is 19.4 Å². The van der Waals surface area contributed by atoms with Crippen molar-refractivity contribution in [2.24, 2.45) is 11.8 Å². The van der Waals surface area contributed by atoms with E-state index in [-0.39, 0.29) is 36.1 Å². The van der Waals surface area contributed by atoms with Gasteiger partial charge in [0.1, 0.15) is 17.3 Å². The van der Waals surface area contributed by atoms with Crippen molar-refractivity contribution in [3.05, 3.63) is 34.6 Å². The lowest BCUT2D eigenvalue weighted by Gasteiger charge is -2.14. The van der Waals surface area contributed by atoms with Crippen molar-refractivity contribution in [3.63, 3.8) is 0 Å². The molecule has 4 nitrogen and oxygen atoms in total. The van der Waals surface area contributed by atoms with E-state index in [0.717, 1.165) is 11.1 Å². The normalized spacial score (nSPS) is 24.7. The molecule has 1 fully saturated rings. The fourth-order valence-electron chi connectivity index (χ4n) is 3.58. The minimum absolute atomic E-state index is 0.0524. The van der Waals surface area contributed by atoms with Crippen LogP contribution in [0.1, 0.15) is 29.5 Å². The van der Waals surface area contributed by atoms with Gasteiger partial charge >= 0.3 is 0 Å². The van der Waals surface area contributed by atoms with E-state index in [4.69, 9.17) is 4.74 Å². The van der Waals surface area contributed by atoms with Gasteiger partial charge in [-0.25, -0.2) is 0 Å². The number of carbonyl (C=O) groups is 2. The van der Waals surface area contributed by atoms with Gasteiger partial charge in [0.05, 0.1) is 12.7 Å². The Labute approximate surface area is 123 Å². The summed E-state index contributed by atoms with van der Waals surface area (Å²) in [7, 11) is 1.55. The zero-order chi connectivity index (χ0) is 15.3. The standard InChI is InChI=1S/C17H18O4/c1-8-4-9(2)14(13(5-8)21-3)15-16(19)11-6-10(18)7-12(11)17(15)20/h4-5,11-12,19H,6-7H2,1-3H3/t11-,12+/m0/s1. The van der Waals surface area contributed by atoms with E-state index < -0.39 is 5.92 Å². The second-order valence-corrected chi connectivity index (χ2v) is 5.94. The Bertz CT molecular complexity index is 684. The Balaban J connectivity index is 2.17. The summed E-state index contributed by atoms with van der Waals surface area (Å²) in [6.45, 7) is 3.86. The van der Waals surface area contributed by atoms with Crippen molar-refractivity contribution in [1.29, 1.82) is 0 Å². The number of ketones is 2. The monoisotopic (exact) mass is 286 g/mol. The van der Waals surface area contributed by atoms with Crippen LogP contribution in [0.2, 0.25) is 0 Å². The quantitative estimate of drug-likeness (QED) is 0.908. The first-order valence-corrected chi connectivity index (χ1v) is 7.08. The third kappa shape index (κ3) is 1.97. The van der Waals surface area contributed by atoms with Crippen molar-refractivity contribution in [1.82, 2.24) is 0 Å². The number of fused-ring (bicyclic) bond motifs is 1. The third-order valence-corrected chi connectivity index (χ3v) is 4.48. The minimum atomic E-state index is -0.391. The van der Waals surface area contributed by atoms with Crippen LogP contribution < -0.4 is 4.74 Å². The number of methoxy groups -OCH3 is 1. The highest BCUT2D eigenvalue weighted by molar-refractivity contribution is 6.27. The van der Waals surface area contributed by atoms with E-state index in [1.54, 1.807) is 7.11 Å². The van der Waals surface area contributed by atoms with Gasteiger partial charge < -0.3 is 9.84 Å². The summed E-state index contributed by atoms with van der Waals surface area (Å²) < 4.78 is 5.39. The number of Topliss-reactive ketones (excluding diaryl/α,β-unsaturated/α-hetero) is 2. The number of carbonyl (C=O) groups excluding carboxylic acids is 2. The molecule has 1 aromatic rings. The molecule has 0 heterocycles. The maximum absolute atomic E-state index is 12.6. The largest absolute Gasteiger partial charge is 0.511 e. The second kappa shape index (κ2) is 4.72. The van der Waals surface area contributed by atoms with Gasteiger partial charge in [0.15, 0.2) is 5.78 Å². The average molecular weight is 286 g/mol. The van der Waals surface area contributed by atoms with Gasteiger partial charge in [0, 0.05) is 30.2 Å². The van der Waals surface area contributed by atoms with Gasteiger partial charge in [0.2, 0.25) is 0 Å². The second-order valence-electron chi connectivity index (χ2n) is 5.94. The number of hydrogen-bond acceptors (Lipinski definition) is 4. The lowest BCUT2D eigenvalue weighted by molar-refractivity contribution is -0.121. The Morgan fingerprint density at radius 2 is 1.81 bits per heavy atom. The minimum Gasteiger partial charge on any atom is -0.511 e. The molecule has 0 unspecified atom stereocenters. The molecule has 0 amide bonds. The Morgan fingerprint density at radius 3 is 2.43 bits per heavy atom. The SMILES string of the molecule is COc1cc(C)cc(C)c1C1=C(O)[C@H]2CC(=O)C[C@H]2C1=O. The maximum atomic E-state index is 12.6. The molecule has 110 valence electrons. The molecule has 21 heavy (non-hydrogen) atoms. The molecule has 1 saturated carbocycles. The summed E-state index contributed by atoms with van der Waals surface area (Å²) >= 11 is 0. The molecule has 2 atom stereocenters. The van der Waals surface area contributed by atoms with Crippen molar-refractivity contribution >= 4 is 17.1 Å². The molecule has 1 N–H and O–H groups in total. The van der Waals surface area contributed by atoms with Crippen LogP contribution in [-0.2, 0) is 9.59 Å². The van der Waals surface area contributed by atoms with Crippen molar-refractivity contribution in [2.75, 3.05) is 7.11 Å².